The number of sulfonamides is 1. The van der Waals surface area contributed by atoms with Gasteiger partial charge in [0.1, 0.15) is 4.90 Å². The van der Waals surface area contributed by atoms with E-state index in [1.54, 1.807) is 0 Å². The van der Waals surface area contributed by atoms with Crippen LogP contribution in [-0.4, -0.2) is 39.9 Å². The Bertz CT molecular complexity index is 515. The molecule has 5 nitrogen and oxygen atoms in total. The van der Waals surface area contributed by atoms with Crippen LogP contribution in [0.1, 0.15) is 6.42 Å². The van der Waals surface area contributed by atoms with Crippen molar-refractivity contribution in [3.05, 3.63) is 28.2 Å². The standard InChI is InChI=1S/C11H15Cl2NO4S/c1-18-7-9(4-5-15)14-19(16,17)11-6-8(12)2-3-10(11)13/h2-3,6,9,14-15H,4-5,7H2,1H3. The molecule has 0 bridgehead atoms. The highest BCUT2D eigenvalue weighted by Crippen LogP contribution is 2.25. The minimum atomic E-state index is -3.81. The summed E-state index contributed by atoms with van der Waals surface area (Å²) in [6.07, 6.45) is 0.241. The van der Waals surface area contributed by atoms with Crippen LogP contribution in [0.5, 0.6) is 0 Å². The highest BCUT2D eigenvalue weighted by molar-refractivity contribution is 7.89. The van der Waals surface area contributed by atoms with E-state index in [1.807, 2.05) is 0 Å². The molecule has 1 aromatic carbocycles. The quantitative estimate of drug-likeness (QED) is 0.798. The van der Waals surface area contributed by atoms with Gasteiger partial charge in [-0.1, -0.05) is 23.2 Å². The smallest absolute Gasteiger partial charge is 0.242 e. The van der Waals surface area contributed by atoms with Crippen molar-refractivity contribution >= 4 is 33.2 Å². The van der Waals surface area contributed by atoms with E-state index in [0.29, 0.717) is 0 Å². The molecule has 1 aromatic rings. The second kappa shape index (κ2) is 7.42. The zero-order valence-electron chi connectivity index (χ0n) is 10.3. The van der Waals surface area contributed by atoms with E-state index in [-0.39, 0.29) is 34.6 Å². The molecule has 108 valence electrons. The largest absolute Gasteiger partial charge is 0.396 e. The minimum Gasteiger partial charge on any atom is -0.396 e. The van der Waals surface area contributed by atoms with Crippen molar-refractivity contribution in [2.24, 2.45) is 0 Å². The second-order valence-electron chi connectivity index (χ2n) is 3.86. The molecule has 0 fully saturated rings. The van der Waals surface area contributed by atoms with Gasteiger partial charge in [0.15, 0.2) is 0 Å². The molecule has 1 atom stereocenters. The molecule has 0 radical (unpaired) electrons. The molecular weight excluding hydrogens is 313 g/mol. The summed E-state index contributed by atoms with van der Waals surface area (Å²) >= 11 is 11.6. The molecule has 8 heteroatoms. The summed E-state index contributed by atoms with van der Waals surface area (Å²) in [5, 5.41) is 9.25. The number of hydrogen-bond acceptors (Lipinski definition) is 4. The molecule has 0 aliphatic heterocycles. The van der Waals surface area contributed by atoms with Crippen molar-refractivity contribution in [2.45, 2.75) is 17.4 Å². The summed E-state index contributed by atoms with van der Waals surface area (Å²) < 4.78 is 31.7. The number of benzene rings is 1. The minimum absolute atomic E-state index is 0.0806. The number of nitrogens with one attached hydrogen (secondary N) is 1. The molecule has 0 aliphatic carbocycles. The first-order valence-electron chi connectivity index (χ1n) is 5.48. The Labute approximate surface area is 122 Å². The van der Waals surface area contributed by atoms with E-state index in [2.05, 4.69) is 4.72 Å². The Morgan fingerprint density at radius 2 is 2.11 bits per heavy atom. The van der Waals surface area contributed by atoms with Crippen LogP contribution in [0.2, 0.25) is 10.0 Å². The molecule has 0 spiro atoms. The van der Waals surface area contributed by atoms with Crippen LogP contribution >= 0.6 is 23.2 Å². The van der Waals surface area contributed by atoms with Gasteiger partial charge < -0.3 is 9.84 Å². The van der Waals surface area contributed by atoms with Gasteiger partial charge in [-0.15, -0.1) is 0 Å². The molecule has 0 saturated carbocycles. The summed E-state index contributed by atoms with van der Waals surface area (Å²) in [6.45, 7) is -0.00218. The van der Waals surface area contributed by atoms with Crippen LogP contribution < -0.4 is 4.72 Å². The molecular formula is C11H15Cl2NO4S. The van der Waals surface area contributed by atoms with E-state index in [4.69, 9.17) is 33.0 Å². The Morgan fingerprint density at radius 3 is 2.68 bits per heavy atom. The first-order valence-corrected chi connectivity index (χ1v) is 7.71. The molecule has 0 heterocycles. The maximum Gasteiger partial charge on any atom is 0.242 e. The number of hydrogen-bond donors (Lipinski definition) is 2. The number of aliphatic hydroxyl groups excluding tert-OH is 1. The lowest BCUT2D eigenvalue weighted by atomic mass is 10.2. The monoisotopic (exact) mass is 327 g/mol. The van der Waals surface area contributed by atoms with Crippen molar-refractivity contribution in [2.75, 3.05) is 20.3 Å². The van der Waals surface area contributed by atoms with Crippen LogP contribution in [0, 0.1) is 0 Å². The average molecular weight is 328 g/mol. The zero-order chi connectivity index (χ0) is 14.5. The molecule has 0 aromatic heterocycles. The van der Waals surface area contributed by atoms with Crippen LogP contribution in [-0.2, 0) is 14.8 Å². The third kappa shape index (κ3) is 4.91. The lowest BCUT2D eigenvalue weighted by Gasteiger charge is -2.17. The van der Waals surface area contributed by atoms with Gasteiger partial charge in [-0.25, -0.2) is 13.1 Å². The summed E-state index contributed by atoms with van der Waals surface area (Å²) in [7, 11) is -2.37. The molecule has 0 saturated heterocycles. The van der Waals surface area contributed by atoms with Gasteiger partial charge in [-0.05, 0) is 24.6 Å². The van der Waals surface area contributed by atoms with Gasteiger partial charge in [-0.2, -0.15) is 0 Å². The van der Waals surface area contributed by atoms with Crippen LogP contribution in [0.15, 0.2) is 23.1 Å². The van der Waals surface area contributed by atoms with Crippen molar-refractivity contribution in [1.29, 1.82) is 0 Å². The van der Waals surface area contributed by atoms with Gasteiger partial charge in [0, 0.05) is 24.8 Å². The van der Waals surface area contributed by atoms with Gasteiger partial charge >= 0.3 is 0 Å². The number of ether oxygens (including phenoxy) is 1. The van der Waals surface area contributed by atoms with Crippen molar-refractivity contribution in [3.8, 4) is 0 Å². The normalized spacial score (nSPS) is 13.5. The fourth-order valence-corrected chi connectivity index (χ4v) is 3.52. The lowest BCUT2D eigenvalue weighted by molar-refractivity contribution is 0.158. The summed E-state index contributed by atoms with van der Waals surface area (Å²) in [5.74, 6) is 0. The van der Waals surface area contributed by atoms with Crippen LogP contribution in [0.3, 0.4) is 0 Å². The van der Waals surface area contributed by atoms with Crippen LogP contribution in [0.4, 0.5) is 0 Å². The lowest BCUT2D eigenvalue weighted by Crippen LogP contribution is -2.38. The topological polar surface area (TPSA) is 75.6 Å². The fourth-order valence-electron chi connectivity index (χ4n) is 1.50. The van der Waals surface area contributed by atoms with E-state index in [1.165, 1.54) is 25.3 Å². The predicted octanol–water partition coefficient (Wildman–Crippen LogP) is 1.67. The van der Waals surface area contributed by atoms with Gasteiger partial charge in [-0.3, -0.25) is 0 Å². The molecule has 2 N–H and O–H groups in total. The fraction of sp³-hybridized carbons (Fsp3) is 0.455. The highest BCUT2D eigenvalue weighted by Gasteiger charge is 2.22. The van der Waals surface area contributed by atoms with Crippen molar-refractivity contribution in [1.82, 2.24) is 4.72 Å². The van der Waals surface area contributed by atoms with Gasteiger partial charge in [0.25, 0.3) is 0 Å². The Balaban J connectivity index is 2.99. The first kappa shape index (κ1) is 16.7. The number of halogens is 2. The summed E-state index contributed by atoms with van der Waals surface area (Å²) in [4.78, 5) is -0.0966. The molecule has 0 aliphatic rings. The Hall–Kier alpha value is -0.370. The van der Waals surface area contributed by atoms with Gasteiger partial charge in [0.2, 0.25) is 10.0 Å². The van der Waals surface area contributed by atoms with Crippen molar-refractivity contribution < 1.29 is 18.3 Å². The molecule has 19 heavy (non-hydrogen) atoms. The Morgan fingerprint density at radius 1 is 1.42 bits per heavy atom. The third-order valence-electron chi connectivity index (χ3n) is 2.35. The zero-order valence-corrected chi connectivity index (χ0v) is 12.6. The van der Waals surface area contributed by atoms with E-state index in [9.17, 15) is 8.42 Å². The molecule has 1 rings (SSSR count). The maximum atomic E-state index is 12.2. The maximum absolute atomic E-state index is 12.2. The first-order chi connectivity index (χ1) is 8.90. The predicted molar refractivity (Wildman–Crippen MR) is 74.2 cm³/mol. The number of rotatable bonds is 7. The second-order valence-corrected chi connectivity index (χ2v) is 6.39. The number of aliphatic hydroxyl groups is 1. The summed E-state index contributed by atoms with van der Waals surface area (Å²) in [6, 6.07) is 3.66. The summed E-state index contributed by atoms with van der Waals surface area (Å²) in [5.41, 5.74) is 0. The van der Waals surface area contributed by atoms with E-state index in [0.717, 1.165) is 0 Å². The van der Waals surface area contributed by atoms with Gasteiger partial charge in [0.05, 0.1) is 11.6 Å². The molecule has 0 amide bonds. The Kier molecular flexibility index (Phi) is 6.52. The van der Waals surface area contributed by atoms with E-state index >= 15 is 0 Å². The number of methoxy groups -OCH3 is 1. The van der Waals surface area contributed by atoms with Crippen molar-refractivity contribution in [3.63, 3.8) is 0 Å². The SMILES string of the molecule is COCC(CCO)NS(=O)(=O)c1cc(Cl)ccc1Cl. The third-order valence-corrected chi connectivity index (χ3v) is 4.59. The van der Waals surface area contributed by atoms with E-state index < -0.39 is 16.1 Å². The molecule has 1 unspecified atom stereocenters. The average Bonchev–Trinajstić information content (AvgIpc) is 2.32. The highest BCUT2D eigenvalue weighted by atomic mass is 35.5. The van der Waals surface area contributed by atoms with Crippen LogP contribution in [0.25, 0.3) is 0 Å².